The van der Waals surface area contributed by atoms with Crippen LogP contribution in [0.1, 0.15) is 60.7 Å². The van der Waals surface area contributed by atoms with E-state index < -0.39 is 15.9 Å². The van der Waals surface area contributed by atoms with Gasteiger partial charge in [0.05, 0.1) is 4.90 Å². The van der Waals surface area contributed by atoms with E-state index >= 15 is 0 Å². The van der Waals surface area contributed by atoms with Crippen LogP contribution >= 0.6 is 0 Å². The molecule has 0 spiro atoms. The zero-order valence-corrected chi connectivity index (χ0v) is 17.7. The first-order valence-corrected chi connectivity index (χ1v) is 11.0. The molecule has 1 aliphatic carbocycles. The molecule has 0 aromatic heterocycles. The highest BCUT2D eigenvalue weighted by molar-refractivity contribution is 7.89. The van der Waals surface area contributed by atoms with Gasteiger partial charge in [-0.05, 0) is 60.1 Å². The third kappa shape index (κ3) is 4.28. The Kier molecular flexibility index (Phi) is 5.38. The van der Waals surface area contributed by atoms with Crippen LogP contribution in [0.2, 0.25) is 0 Å². The number of primary amides is 1. The van der Waals surface area contributed by atoms with Gasteiger partial charge in [-0.3, -0.25) is 4.79 Å². The Hall–Kier alpha value is -2.18. The maximum atomic E-state index is 13.5. The van der Waals surface area contributed by atoms with E-state index in [1.54, 1.807) is 28.6 Å². The fourth-order valence-electron chi connectivity index (χ4n) is 3.20. The Morgan fingerprint density at radius 3 is 2.21 bits per heavy atom. The van der Waals surface area contributed by atoms with E-state index in [4.69, 9.17) is 5.73 Å². The number of nitrogens with two attached hydrogens (primary N) is 1. The number of sulfonamides is 1. The lowest BCUT2D eigenvalue weighted by Crippen LogP contribution is -2.33. The van der Waals surface area contributed by atoms with Gasteiger partial charge in [-0.1, -0.05) is 45.0 Å². The molecule has 5 nitrogen and oxygen atoms in total. The fraction of sp³-hybridized carbons (Fsp3) is 0.409. The number of nitrogens with zero attached hydrogens (tertiary/aromatic N) is 1. The summed E-state index contributed by atoms with van der Waals surface area (Å²) in [6, 6.07) is 12.5. The van der Waals surface area contributed by atoms with Gasteiger partial charge in [0.1, 0.15) is 0 Å². The lowest BCUT2D eigenvalue weighted by Gasteiger charge is -2.25. The number of carbonyl (C=O) groups excluding carboxylic acids is 1. The molecule has 1 saturated carbocycles. The van der Waals surface area contributed by atoms with Crippen molar-refractivity contribution in [1.29, 1.82) is 0 Å². The Bertz CT molecular complexity index is 985. The summed E-state index contributed by atoms with van der Waals surface area (Å²) in [4.78, 5) is 11.6. The minimum Gasteiger partial charge on any atom is -0.366 e. The molecule has 0 bridgehead atoms. The molecule has 0 atom stereocenters. The average molecular weight is 401 g/mol. The van der Waals surface area contributed by atoms with Gasteiger partial charge in [-0.25, -0.2) is 8.42 Å². The highest BCUT2D eigenvalue weighted by Gasteiger charge is 2.39. The molecule has 1 aliphatic rings. The second-order valence-corrected chi connectivity index (χ2v) is 10.4. The summed E-state index contributed by atoms with van der Waals surface area (Å²) in [6.45, 7) is 8.35. The number of carbonyl (C=O) groups is 1. The third-order valence-electron chi connectivity index (χ3n) is 5.17. The minimum absolute atomic E-state index is 0.0264. The van der Waals surface area contributed by atoms with Crippen molar-refractivity contribution in [3.8, 4) is 0 Å². The highest BCUT2D eigenvalue weighted by Crippen LogP contribution is 2.36. The summed E-state index contributed by atoms with van der Waals surface area (Å²) in [5, 5.41) is 0. The van der Waals surface area contributed by atoms with Crippen LogP contribution in [-0.2, 0) is 22.0 Å². The molecule has 150 valence electrons. The molecule has 2 N–H and O–H groups in total. The first-order valence-electron chi connectivity index (χ1n) is 9.52. The summed E-state index contributed by atoms with van der Waals surface area (Å²) in [5.41, 5.74) is 8.16. The number of rotatable bonds is 6. The normalized spacial score (nSPS) is 15.0. The summed E-state index contributed by atoms with van der Waals surface area (Å²) in [7, 11) is -3.63. The molecule has 28 heavy (non-hydrogen) atoms. The topological polar surface area (TPSA) is 80.5 Å². The SMILES string of the molecule is Cc1ccc(C(C)(C)C)cc1S(=O)(=O)N(Cc1ccc(C(N)=O)cc1)C1CC1. The van der Waals surface area contributed by atoms with Crippen LogP contribution in [0.3, 0.4) is 0 Å². The first kappa shape index (κ1) is 20.6. The number of amides is 1. The Morgan fingerprint density at radius 1 is 1.11 bits per heavy atom. The maximum absolute atomic E-state index is 13.5. The average Bonchev–Trinajstić information content (AvgIpc) is 3.44. The van der Waals surface area contributed by atoms with Crippen molar-refractivity contribution in [2.24, 2.45) is 5.73 Å². The molecule has 0 saturated heterocycles. The van der Waals surface area contributed by atoms with Crippen LogP contribution in [0.15, 0.2) is 47.4 Å². The summed E-state index contributed by atoms with van der Waals surface area (Å²) >= 11 is 0. The molecule has 1 fully saturated rings. The highest BCUT2D eigenvalue weighted by atomic mass is 32.2. The Morgan fingerprint density at radius 2 is 1.71 bits per heavy atom. The van der Waals surface area contributed by atoms with E-state index in [9.17, 15) is 13.2 Å². The number of benzene rings is 2. The lowest BCUT2D eigenvalue weighted by atomic mass is 9.87. The van der Waals surface area contributed by atoms with Gasteiger partial charge in [0.2, 0.25) is 15.9 Å². The minimum atomic E-state index is -3.63. The lowest BCUT2D eigenvalue weighted by molar-refractivity contribution is 0.1000. The van der Waals surface area contributed by atoms with Gasteiger partial charge < -0.3 is 5.73 Å². The largest absolute Gasteiger partial charge is 0.366 e. The molecule has 2 aromatic carbocycles. The van der Waals surface area contributed by atoms with Gasteiger partial charge in [-0.15, -0.1) is 0 Å². The maximum Gasteiger partial charge on any atom is 0.248 e. The van der Waals surface area contributed by atoms with E-state index in [1.807, 2.05) is 25.1 Å². The van der Waals surface area contributed by atoms with Crippen LogP contribution in [0.25, 0.3) is 0 Å². The zero-order valence-electron chi connectivity index (χ0n) is 16.9. The number of hydrogen-bond acceptors (Lipinski definition) is 3. The van der Waals surface area contributed by atoms with Crippen LogP contribution in [0.4, 0.5) is 0 Å². The third-order valence-corrected chi connectivity index (χ3v) is 7.21. The van der Waals surface area contributed by atoms with Crippen molar-refractivity contribution in [1.82, 2.24) is 4.31 Å². The summed E-state index contributed by atoms with van der Waals surface area (Å²) in [5.74, 6) is -0.493. The van der Waals surface area contributed by atoms with Crippen LogP contribution in [0.5, 0.6) is 0 Å². The van der Waals surface area contributed by atoms with Gasteiger partial charge in [-0.2, -0.15) is 4.31 Å². The molecular weight excluding hydrogens is 372 g/mol. The van der Waals surface area contributed by atoms with Crippen molar-refractivity contribution in [2.45, 2.75) is 63.4 Å². The second kappa shape index (κ2) is 7.33. The smallest absolute Gasteiger partial charge is 0.248 e. The standard InChI is InChI=1S/C22H28N2O3S/c1-15-5-10-18(22(2,3)4)13-20(15)28(26,27)24(19-11-12-19)14-16-6-8-17(9-7-16)21(23)25/h5-10,13,19H,11-12,14H2,1-4H3,(H2,23,25). The molecule has 6 heteroatoms. The second-order valence-electron chi connectivity index (χ2n) is 8.57. The van der Waals surface area contributed by atoms with E-state index in [2.05, 4.69) is 20.8 Å². The van der Waals surface area contributed by atoms with E-state index in [1.165, 1.54) is 0 Å². The van der Waals surface area contributed by atoms with Crippen LogP contribution < -0.4 is 5.73 Å². The van der Waals surface area contributed by atoms with Gasteiger partial charge in [0.25, 0.3) is 0 Å². The van der Waals surface area contributed by atoms with Gasteiger partial charge in [0, 0.05) is 18.2 Å². The van der Waals surface area contributed by atoms with Crippen molar-refractivity contribution in [3.63, 3.8) is 0 Å². The number of hydrogen-bond donors (Lipinski definition) is 1. The van der Waals surface area contributed by atoms with E-state index in [-0.39, 0.29) is 18.0 Å². The monoisotopic (exact) mass is 400 g/mol. The first-order chi connectivity index (χ1) is 13.0. The van der Waals surface area contributed by atoms with Crippen molar-refractivity contribution >= 4 is 15.9 Å². The van der Waals surface area contributed by atoms with Crippen LogP contribution in [-0.4, -0.2) is 24.7 Å². The van der Waals surface area contributed by atoms with E-state index in [0.29, 0.717) is 10.5 Å². The predicted molar refractivity (Wildman–Crippen MR) is 111 cm³/mol. The predicted octanol–water partition coefficient (Wildman–Crippen LogP) is 3.74. The molecule has 0 aliphatic heterocycles. The zero-order chi connectivity index (χ0) is 20.7. The Balaban J connectivity index is 1.97. The molecule has 3 rings (SSSR count). The summed E-state index contributed by atoms with van der Waals surface area (Å²) < 4.78 is 28.7. The molecule has 0 unspecified atom stereocenters. The van der Waals surface area contributed by atoms with Gasteiger partial charge >= 0.3 is 0 Å². The fourth-order valence-corrected chi connectivity index (χ4v) is 5.12. The van der Waals surface area contributed by atoms with Gasteiger partial charge in [0.15, 0.2) is 0 Å². The van der Waals surface area contributed by atoms with Crippen molar-refractivity contribution < 1.29 is 13.2 Å². The molecule has 0 heterocycles. The van der Waals surface area contributed by atoms with Crippen LogP contribution in [0, 0.1) is 6.92 Å². The quantitative estimate of drug-likeness (QED) is 0.802. The molecule has 1 amide bonds. The molecule has 0 radical (unpaired) electrons. The molecular formula is C22H28N2O3S. The van der Waals surface area contributed by atoms with Crippen molar-refractivity contribution in [2.75, 3.05) is 0 Å². The van der Waals surface area contributed by atoms with E-state index in [0.717, 1.165) is 29.5 Å². The number of aryl methyl sites for hydroxylation is 1. The summed E-state index contributed by atoms with van der Waals surface area (Å²) in [6.07, 6.45) is 1.74. The van der Waals surface area contributed by atoms with Crippen molar-refractivity contribution in [3.05, 3.63) is 64.7 Å². The molecule has 2 aromatic rings. The Labute approximate surface area is 167 Å².